The predicted molar refractivity (Wildman–Crippen MR) is 85.2 cm³/mol. The summed E-state index contributed by atoms with van der Waals surface area (Å²) in [6.07, 6.45) is 1.19. The first-order valence-corrected chi connectivity index (χ1v) is 7.73. The molecular weight excluding hydrogens is 254 g/mol. The number of fused-ring (bicyclic) bond motifs is 1. The normalized spacial score (nSPS) is 13.1. The summed E-state index contributed by atoms with van der Waals surface area (Å²) in [7, 11) is 2.18. The maximum Gasteiger partial charge on any atom is 0.183 e. The zero-order valence-electron chi connectivity index (χ0n) is 12.2. The lowest BCUT2D eigenvalue weighted by molar-refractivity contribution is 0.261. The van der Waals surface area contributed by atoms with Gasteiger partial charge in [-0.2, -0.15) is 0 Å². The van der Waals surface area contributed by atoms with E-state index in [2.05, 4.69) is 61.2 Å². The second kappa shape index (κ2) is 6.35. The topological polar surface area (TPSA) is 28.2 Å². The molecule has 0 spiro atoms. The molecule has 2 rings (SSSR count). The van der Waals surface area contributed by atoms with Crippen molar-refractivity contribution >= 4 is 26.7 Å². The Hall–Kier alpha value is -1.13. The molecule has 2 aromatic rings. The van der Waals surface area contributed by atoms with Gasteiger partial charge in [-0.15, -0.1) is 0 Å². The van der Waals surface area contributed by atoms with Gasteiger partial charge in [-0.05, 0) is 45.0 Å². The van der Waals surface area contributed by atoms with Crippen molar-refractivity contribution in [2.45, 2.75) is 33.2 Å². The first-order valence-electron chi connectivity index (χ1n) is 6.91. The Morgan fingerprint density at radius 3 is 2.95 bits per heavy atom. The molecule has 0 bridgehead atoms. The van der Waals surface area contributed by atoms with Crippen LogP contribution in [-0.2, 0) is 0 Å². The fourth-order valence-corrected chi connectivity index (χ4v) is 2.97. The first-order chi connectivity index (χ1) is 9.10. The minimum Gasteiger partial charge on any atom is -0.360 e. The van der Waals surface area contributed by atoms with Crippen molar-refractivity contribution in [2.24, 2.45) is 0 Å². The molecule has 1 aromatic heterocycles. The highest BCUT2D eigenvalue weighted by Crippen LogP contribution is 2.26. The third-order valence-corrected chi connectivity index (χ3v) is 4.60. The number of benzene rings is 1. The molecule has 0 aliphatic carbocycles. The molecule has 3 nitrogen and oxygen atoms in total. The molecule has 4 heteroatoms. The molecule has 0 saturated carbocycles. The summed E-state index contributed by atoms with van der Waals surface area (Å²) in [4.78, 5) is 6.98. The van der Waals surface area contributed by atoms with Gasteiger partial charge in [0, 0.05) is 19.1 Å². The quantitative estimate of drug-likeness (QED) is 0.871. The van der Waals surface area contributed by atoms with E-state index >= 15 is 0 Å². The van der Waals surface area contributed by atoms with E-state index in [0.29, 0.717) is 6.04 Å². The van der Waals surface area contributed by atoms with E-state index in [4.69, 9.17) is 0 Å². The van der Waals surface area contributed by atoms with E-state index in [1.165, 1.54) is 16.7 Å². The second-order valence-corrected chi connectivity index (χ2v) is 6.19. The van der Waals surface area contributed by atoms with Crippen LogP contribution in [0.25, 0.3) is 10.2 Å². The SMILES string of the molecule is CCC(C)N(C)CCNc1nc2ccc(C)cc2s1. The number of rotatable bonds is 6. The van der Waals surface area contributed by atoms with Crippen LogP contribution >= 0.6 is 11.3 Å². The average molecular weight is 277 g/mol. The number of aryl methyl sites for hydroxylation is 1. The van der Waals surface area contributed by atoms with Crippen molar-refractivity contribution in [3.8, 4) is 0 Å². The zero-order chi connectivity index (χ0) is 13.8. The van der Waals surface area contributed by atoms with Crippen molar-refractivity contribution in [3.63, 3.8) is 0 Å². The molecule has 0 aliphatic rings. The largest absolute Gasteiger partial charge is 0.360 e. The van der Waals surface area contributed by atoms with Crippen LogP contribution in [0.1, 0.15) is 25.8 Å². The second-order valence-electron chi connectivity index (χ2n) is 5.15. The van der Waals surface area contributed by atoms with Gasteiger partial charge in [0.1, 0.15) is 0 Å². The van der Waals surface area contributed by atoms with Crippen molar-refractivity contribution < 1.29 is 0 Å². The van der Waals surface area contributed by atoms with Gasteiger partial charge in [0.25, 0.3) is 0 Å². The molecule has 1 unspecified atom stereocenters. The van der Waals surface area contributed by atoms with Crippen LogP contribution in [0.2, 0.25) is 0 Å². The van der Waals surface area contributed by atoms with Crippen LogP contribution in [0.4, 0.5) is 5.13 Å². The first kappa shape index (κ1) is 14.3. The van der Waals surface area contributed by atoms with E-state index in [1.807, 2.05) is 0 Å². The number of anilines is 1. The van der Waals surface area contributed by atoms with Gasteiger partial charge in [-0.1, -0.05) is 24.3 Å². The smallest absolute Gasteiger partial charge is 0.183 e. The molecule has 0 radical (unpaired) electrons. The van der Waals surface area contributed by atoms with E-state index in [-0.39, 0.29) is 0 Å². The Morgan fingerprint density at radius 1 is 1.42 bits per heavy atom. The number of likely N-dealkylation sites (N-methyl/N-ethyl adjacent to an activating group) is 1. The van der Waals surface area contributed by atoms with Gasteiger partial charge < -0.3 is 10.2 Å². The standard InChI is InChI=1S/C15H23N3S/c1-5-12(3)18(4)9-8-16-15-17-13-7-6-11(2)10-14(13)19-15/h6-7,10,12H,5,8-9H2,1-4H3,(H,16,17). The average Bonchev–Trinajstić information content (AvgIpc) is 2.79. The molecule has 1 atom stereocenters. The number of nitrogens with zero attached hydrogens (tertiary/aromatic N) is 2. The Kier molecular flexibility index (Phi) is 4.77. The summed E-state index contributed by atoms with van der Waals surface area (Å²) in [5, 5.41) is 4.46. The lowest BCUT2D eigenvalue weighted by atomic mass is 10.2. The van der Waals surface area contributed by atoms with Crippen LogP contribution in [-0.4, -0.2) is 36.1 Å². The summed E-state index contributed by atoms with van der Waals surface area (Å²) < 4.78 is 1.26. The van der Waals surface area contributed by atoms with E-state index in [9.17, 15) is 0 Å². The molecule has 0 saturated heterocycles. The Bertz CT molecular complexity index is 535. The molecule has 19 heavy (non-hydrogen) atoms. The Labute approximate surface area is 119 Å². The van der Waals surface area contributed by atoms with Gasteiger partial charge in [-0.25, -0.2) is 4.98 Å². The lowest BCUT2D eigenvalue weighted by Crippen LogP contribution is -2.32. The highest BCUT2D eigenvalue weighted by atomic mass is 32.1. The van der Waals surface area contributed by atoms with E-state index in [0.717, 1.165) is 23.7 Å². The predicted octanol–water partition coefficient (Wildman–Crippen LogP) is 3.75. The molecular formula is C15H23N3S. The van der Waals surface area contributed by atoms with Gasteiger partial charge in [0.15, 0.2) is 5.13 Å². The molecule has 104 valence electrons. The number of hydrogen-bond acceptors (Lipinski definition) is 4. The van der Waals surface area contributed by atoms with Gasteiger partial charge >= 0.3 is 0 Å². The van der Waals surface area contributed by atoms with Gasteiger partial charge in [0.05, 0.1) is 10.2 Å². The summed E-state index contributed by atoms with van der Waals surface area (Å²) in [6, 6.07) is 7.05. The number of hydrogen-bond donors (Lipinski definition) is 1. The molecule has 1 aromatic carbocycles. The summed E-state index contributed by atoms with van der Waals surface area (Å²) in [6.45, 7) is 8.60. The Balaban J connectivity index is 1.91. The van der Waals surface area contributed by atoms with Crippen LogP contribution in [0.3, 0.4) is 0 Å². The van der Waals surface area contributed by atoms with Gasteiger partial charge in [-0.3, -0.25) is 0 Å². The molecule has 0 fully saturated rings. The molecule has 1 heterocycles. The van der Waals surface area contributed by atoms with Crippen LogP contribution < -0.4 is 5.32 Å². The number of aromatic nitrogens is 1. The highest BCUT2D eigenvalue weighted by Gasteiger charge is 2.07. The van der Waals surface area contributed by atoms with E-state index < -0.39 is 0 Å². The molecule has 1 N–H and O–H groups in total. The summed E-state index contributed by atoms with van der Waals surface area (Å²) >= 11 is 1.74. The van der Waals surface area contributed by atoms with Crippen molar-refractivity contribution in [2.75, 3.05) is 25.5 Å². The van der Waals surface area contributed by atoms with Crippen molar-refractivity contribution in [1.29, 1.82) is 0 Å². The van der Waals surface area contributed by atoms with Crippen LogP contribution in [0.15, 0.2) is 18.2 Å². The van der Waals surface area contributed by atoms with Crippen molar-refractivity contribution in [1.82, 2.24) is 9.88 Å². The zero-order valence-corrected chi connectivity index (χ0v) is 13.0. The molecule has 0 aliphatic heterocycles. The maximum absolute atomic E-state index is 4.60. The third kappa shape index (κ3) is 3.67. The lowest BCUT2D eigenvalue weighted by Gasteiger charge is -2.23. The summed E-state index contributed by atoms with van der Waals surface area (Å²) in [5.41, 5.74) is 2.38. The minimum atomic E-state index is 0.639. The fraction of sp³-hybridized carbons (Fsp3) is 0.533. The number of thiazole rings is 1. The minimum absolute atomic E-state index is 0.639. The monoisotopic (exact) mass is 277 g/mol. The highest BCUT2D eigenvalue weighted by molar-refractivity contribution is 7.22. The van der Waals surface area contributed by atoms with Gasteiger partial charge in [0.2, 0.25) is 0 Å². The Morgan fingerprint density at radius 2 is 2.21 bits per heavy atom. The summed E-state index contributed by atoms with van der Waals surface area (Å²) in [5.74, 6) is 0. The van der Waals surface area contributed by atoms with Crippen LogP contribution in [0.5, 0.6) is 0 Å². The van der Waals surface area contributed by atoms with Crippen LogP contribution in [0, 0.1) is 6.92 Å². The number of nitrogens with one attached hydrogen (secondary N) is 1. The fourth-order valence-electron chi connectivity index (χ4n) is 1.98. The maximum atomic E-state index is 4.60. The van der Waals surface area contributed by atoms with Crippen molar-refractivity contribution in [3.05, 3.63) is 23.8 Å². The molecule has 0 amide bonds. The third-order valence-electron chi connectivity index (χ3n) is 3.63. The van der Waals surface area contributed by atoms with E-state index in [1.54, 1.807) is 11.3 Å².